The molecule has 0 aromatic heterocycles. The Balaban J connectivity index is 6.22. The molecule has 174 valence electrons. The fraction of sp³-hybridized carbons (Fsp3) is 0.630. The Morgan fingerprint density at radius 3 is 1.42 bits per heavy atom. The first kappa shape index (κ1) is 28.9. The molecule has 0 aromatic carbocycles. The highest BCUT2D eigenvalue weighted by Gasteiger charge is 2.41. The number of Topliss-reactive ketones (excluding diaryl/α,β-unsaturated/α-hetero) is 4. The lowest BCUT2D eigenvalue weighted by Gasteiger charge is -2.23. The van der Waals surface area contributed by atoms with E-state index in [4.69, 9.17) is 0 Å². The smallest absolute Gasteiger partial charge is 0.161 e. The summed E-state index contributed by atoms with van der Waals surface area (Å²) in [5.41, 5.74) is 3.15. The SMILES string of the molecule is CC(=O)C(CC=C(C)C)C(=O)C(C(=O)CC(C)C)C(=O)C(CC=C(C)C)CC=C(C)C. The van der Waals surface area contributed by atoms with Crippen LogP contribution in [0.5, 0.6) is 0 Å². The van der Waals surface area contributed by atoms with Gasteiger partial charge in [0.1, 0.15) is 11.7 Å². The quantitative estimate of drug-likeness (QED) is 0.241. The van der Waals surface area contributed by atoms with Crippen LogP contribution in [-0.4, -0.2) is 23.1 Å². The van der Waals surface area contributed by atoms with E-state index in [1.165, 1.54) is 6.92 Å². The Labute approximate surface area is 189 Å². The lowest BCUT2D eigenvalue weighted by Crippen LogP contribution is -2.41. The lowest BCUT2D eigenvalue weighted by molar-refractivity contribution is -0.144. The summed E-state index contributed by atoms with van der Waals surface area (Å²) < 4.78 is 0. The standard InChI is InChI=1S/C27H42O4/c1-17(2)10-13-22(14-11-18(3)4)26(30)25(24(29)16-20(7)8)27(31)23(21(9)28)15-12-19(5)6/h10-12,20,22-23,25H,13-16H2,1-9H3. The van der Waals surface area contributed by atoms with Gasteiger partial charge in [0.15, 0.2) is 17.3 Å². The minimum absolute atomic E-state index is 0.0261. The van der Waals surface area contributed by atoms with Crippen molar-refractivity contribution in [1.82, 2.24) is 0 Å². The average Bonchev–Trinajstić information content (AvgIpc) is 2.60. The number of ketones is 4. The van der Waals surface area contributed by atoms with Gasteiger partial charge in [0, 0.05) is 12.3 Å². The Hall–Kier alpha value is -2.10. The summed E-state index contributed by atoms with van der Waals surface area (Å²) in [4.78, 5) is 52.4. The van der Waals surface area contributed by atoms with E-state index in [0.717, 1.165) is 16.7 Å². The molecule has 4 heteroatoms. The molecule has 0 rings (SSSR count). The van der Waals surface area contributed by atoms with E-state index in [0.29, 0.717) is 12.8 Å². The third-order valence-electron chi connectivity index (χ3n) is 5.12. The van der Waals surface area contributed by atoms with Crippen molar-refractivity contribution in [3.8, 4) is 0 Å². The number of rotatable bonds is 14. The minimum atomic E-state index is -1.37. The van der Waals surface area contributed by atoms with Crippen molar-refractivity contribution in [3.05, 3.63) is 34.9 Å². The van der Waals surface area contributed by atoms with Gasteiger partial charge in [0.25, 0.3) is 0 Å². The normalized spacial score (nSPS) is 12.7. The lowest BCUT2D eigenvalue weighted by atomic mass is 9.76. The molecule has 0 N–H and O–H groups in total. The zero-order valence-corrected chi connectivity index (χ0v) is 21.0. The van der Waals surface area contributed by atoms with Crippen LogP contribution in [0.4, 0.5) is 0 Å². The van der Waals surface area contributed by atoms with Gasteiger partial charge in [-0.15, -0.1) is 0 Å². The Bertz CT molecular complexity index is 717. The van der Waals surface area contributed by atoms with Crippen LogP contribution in [-0.2, 0) is 19.2 Å². The molecule has 0 spiro atoms. The summed E-state index contributed by atoms with van der Waals surface area (Å²) in [6.07, 6.45) is 7.09. The van der Waals surface area contributed by atoms with Crippen molar-refractivity contribution < 1.29 is 19.2 Å². The molecule has 0 aliphatic carbocycles. The van der Waals surface area contributed by atoms with Gasteiger partial charge in [-0.05, 0) is 73.6 Å². The Kier molecular flexibility index (Phi) is 13.1. The molecular formula is C27H42O4. The molecule has 0 radical (unpaired) electrons. The van der Waals surface area contributed by atoms with Crippen molar-refractivity contribution in [2.24, 2.45) is 23.7 Å². The third-order valence-corrected chi connectivity index (χ3v) is 5.12. The van der Waals surface area contributed by atoms with E-state index in [2.05, 4.69) is 0 Å². The molecule has 0 aromatic rings. The minimum Gasteiger partial charge on any atom is -0.299 e. The highest BCUT2D eigenvalue weighted by molar-refractivity contribution is 6.23. The van der Waals surface area contributed by atoms with Crippen LogP contribution in [0, 0.1) is 23.7 Å². The van der Waals surface area contributed by atoms with Crippen LogP contribution in [0.2, 0.25) is 0 Å². The molecule has 0 amide bonds. The topological polar surface area (TPSA) is 68.3 Å². The van der Waals surface area contributed by atoms with Gasteiger partial charge in [-0.25, -0.2) is 0 Å². The van der Waals surface area contributed by atoms with Gasteiger partial charge in [-0.3, -0.25) is 19.2 Å². The fourth-order valence-corrected chi connectivity index (χ4v) is 3.34. The van der Waals surface area contributed by atoms with E-state index in [1.807, 2.05) is 73.6 Å². The molecule has 0 aliphatic rings. The number of hydrogen-bond donors (Lipinski definition) is 0. The molecule has 2 atom stereocenters. The Morgan fingerprint density at radius 1 is 0.645 bits per heavy atom. The van der Waals surface area contributed by atoms with Crippen molar-refractivity contribution in [3.63, 3.8) is 0 Å². The van der Waals surface area contributed by atoms with Crippen LogP contribution in [0.1, 0.15) is 88.0 Å². The summed E-state index contributed by atoms with van der Waals surface area (Å²) in [5, 5.41) is 0. The van der Waals surface area contributed by atoms with Crippen molar-refractivity contribution in [1.29, 1.82) is 0 Å². The van der Waals surface area contributed by atoms with Crippen molar-refractivity contribution in [2.75, 3.05) is 0 Å². The highest BCUT2D eigenvalue weighted by Crippen LogP contribution is 2.26. The summed E-state index contributed by atoms with van der Waals surface area (Å²) in [6.45, 7) is 16.8. The molecule has 2 unspecified atom stereocenters. The van der Waals surface area contributed by atoms with Gasteiger partial charge in [-0.1, -0.05) is 48.8 Å². The monoisotopic (exact) mass is 430 g/mol. The fourth-order valence-electron chi connectivity index (χ4n) is 3.34. The first-order chi connectivity index (χ1) is 14.3. The van der Waals surface area contributed by atoms with E-state index in [1.54, 1.807) is 0 Å². The molecule has 0 heterocycles. The van der Waals surface area contributed by atoms with Gasteiger partial charge in [0.05, 0.1) is 5.92 Å². The van der Waals surface area contributed by atoms with Crippen LogP contribution < -0.4 is 0 Å². The second-order valence-corrected chi connectivity index (χ2v) is 9.71. The number of allylic oxidation sites excluding steroid dienone is 6. The van der Waals surface area contributed by atoms with Gasteiger partial charge in [-0.2, -0.15) is 0 Å². The first-order valence-electron chi connectivity index (χ1n) is 11.3. The van der Waals surface area contributed by atoms with E-state index in [-0.39, 0.29) is 36.1 Å². The zero-order valence-electron chi connectivity index (χ0n) is 21.0. The largest absolute Gasteiger partial charge is 0.299 e. The molecule has 0 saturated carbocycles. The van der Waals surface area contributed by atoms with Crippen molar-refractivity contribution >= 4 is 23.1 Å². The third kappa shape index (κ3) is 11.2. The predicted octanol–water partition coefficient (Wildman–Crippen LogP) is 6.25. The molecular weight excluding hydrogens is 388 g/mol. The van der Waals surface area contributed by atoms with Crippen LogP contribution >= 0.6 is 0 Å². The van der Waals surface area contributed by atoms with Crippen molar-refractivity contribution in [2.45, 2.75) is 88.0 Å². The zero-order chi connectivity index (χ0) is 24.3. The number of carbonyl (C=O) groups excluding carboxylic acids is 4. The summed E-state index contributed by atoms with van der Waals surface area (Å²) in [7, 11) is 0. The average molecular weight is 431 g/mol. The second kappa shape index (κ2) is 14.1. The molecule has 4 nitrogen and oxygen atoms in total. The molecule has 0 aliphatic heterocycles. The van der Waals surface area contributed by atoms with E-state index in [9.17, 15) is 19.2 Å². The predicted molar refractivity (Wildman–Crippen MR) is 128 cm³/mol. The van der Waals surface area contributed by atoms with Gasteiger partial charge >= 0.3 is 0 Å². The maximum atomic E-state index is 13.6. The summed E-state index contributed by atoms with van der Waals surface area (Å²) >= 11 is 0. The second-order valence-electron chi connectivity index (χ2n) is 9.71. The van der Waals surface area contributed by atoms with Crippen LogP contribution in [0.3, 0.4) is 0 Å². The van der Waals surface area contributed by atoms with Crippen LogP contribution in [0.15, 0.2) is 34.9 Å². The number of carbonyl (C=O) groups is 4. The first-order valence-corrected chi connectivity index (χ1v) is 11.3. The summed E-state index contributed by atoms with van der Waals surface area (Å²) in [5.74, 6) is -4.34. The maximum absolute atomic E-state index is 13.6. The molecule has 0 bridgehead atoms. The van der Waals surface area contributed by atoms with Crippen LogP contribution in [0.25, 0.3) is 0 Å². The highest BCUT2D eigenvalue weighted by atomic mass is 16.2. The maximum Gasteiger partial charge on any atom is 0.161 e. The van der Waals surface area contributed by atoms with E-state index < -0.39 is 23.5 Å². The Morgan fingerprint density at radius 2 is 1.06 bits per heavy atom. The van der Waals surface area contributed by atoms with Gasteiger partial charge in [0.2, 0.25) is 0 Å². The molecule has 31 heavy (non-hydrogen) atoms. The summed E-state index contributed by atoms with van der Waals surface area (Å²) in [6, 6.07) is 0. The van der Waals surface area contributed by atoms with E-state index >= 15 is 0 Å². The van der Waals surface area contributed by atoms with Gasteiger partial charge < -0.3 is 0 Å². The molecule has 0 fully saturated rings. The number of hydrogen-bond acceptors (Lipinski definition) is 4. The molecule has 0 saturated heterocycles.